The molecule has 2 bridgehead atoms. The minimum Gasteiger partial charge on any atom is -0.315 e. The summed E-state index contributed by atoms with van der Waals surface area (Å²) in [6, 6.07) is 13.3. The topological polar surface area (TPSA) is 131 Å². The van der Waals surface area contributed by atoms with E-state index in [1.807, 2.05) is 24.3 Å². The van der Waals surface area contributed by atoms with Crippen molar-refractivity contribution in [2.24, 2.45) is 0 Å². The number of hydrogen-bond donors (Lipinski definition) is 1. The summed E-state index contributed by atoms with van der Waals surface area (Å²) in [6.07, 6.45) is 1.19. The summed E-state index contributed by atoms with van der Waals surface area (Å²) in [5.41, 5.74) is 1.59. The minimum absolute atomic E-state index is 0.0544. The predicted octanol–water partition coefficient (Wildman–Crippen LogP) is 3.46. The third-order valence-corrected chi connectivity index (χ3v) is 10.2. The lowest BCUT2D eigenvalue weighted by Crippen LogP contribution is -2.41. The number of sulfonamides is 1. The van der Waals surface area contributed by atoms with E-state index in [2.05, 4.69) is 5.32 Å². The monoisotopic (exact) mass is 554 g/mol. The number of fused-ring (bicyclic) bond motifs is 2. The highest BCUT2D eigenvalue weighted by Crippen LogP contribution is 2.51. The number of nitrogens with one attached hydrogen (secondary N) is 1. The van der Waals surface area contributed by atoms with Gasteiger partial charge < -0.3 is 5.32 Å². The molecule has 0 aromatic heterocycles. The summed E-state index contributed by atoms with van der Waals surface area (Å²) < 4.78 is 54.9. The van der Waals surface area contributed by atoms with E-state index in [4.69, 9.17) is 9.05 Å². The zero-order valence-electron chi connectivity index (χ0n) is 21.2. The van der Waals surface area contributed by atoms with Gasteiger partial charge in [0.1, 0.15) is 0 Å². The molecule has 0 unspecified atom stereocenters. The van der Waals surface area contributed by atoms with Crippen molar-refractivity contribution in [3.63, 3.8) is 0 Å². The number of hydrogen-bond acceptors (Lipinski definition) is 8. The molecule has 0 saturated carbocycles. The fraction of sp³-hybridized carbons (Fsp3) is 0.500. The molecule has 0 atom stereocenters. The van der Waals surface area contributed by atoms with Crippen molar-refractivity contribution >= 4 is 23.5 Å². The van der Waals surface area contributed by atoms with E-state index in [0.717, 1.165) is 24.1 Å². The largest absolute Gasteiger partial charge is 0.408 e. The quantitative estimate of drug-likeness (QED) is 0.296. The molecule has 37 heavy (non-hydrogen) atoms. The van der Waals surface area contributed by atoms with E-state index < -0.39 is 28.4 Å². The summed E-state index contributed by atoms with van der Waals surface area (Å²) in [5.74, 6) is 0. The summed E-state index contributed by atoms with van der Waals surface area (Å²) in [5, 5.41) is 15.0. The Labute approximate surface area is 218 Å². The molecular formula is C24H35N4O7PS. The fourth-order valence-electron chi connectivity index (χ4n) is 4.19. The first-order valence-electron chi connectivity index (χ1n) is 12.4. The normalized spacial score (nSPS) is 17.2. The van der Waals surface area contributed by atoms with Crippen LogP contribution in [-0.2, 0) is 36.5 Å². The van der Waals surface area contributed by atoms with Gasteiger partial charge in [0.25, 0.3) is 5.69 Å². The Kier molecular flexibility index (Phi) is 10.8. The Morgan fingerprint density at radius 3 is 2.30 bits per heavy atom. The maximum Gasteiger partial charge on any atom is 0.408 e. The van der Waals surface area contributed by atoms with Crippen LogP contribution in [0.3, 0.4) is 0 Å². The molecular weight excluding hydrogens is 519 g/mol. The number of nitro benzene ring substituents is 1. The Bertz CT molecular complexity index is 1200. The van der Waals surface area contributed by atoms with E-state index in [9.17, 15) is 23.1 Å². The van der Waals surface area contributed by atoms with E-state index in [-0.39, 0.29) is 37.7 Å². The highest BCUT2D eigenvalue weighted by Gasteiger charge is 2.36. The maximum absolute atomic E-state index is 13.7. The van der Waals surface area contributed by atoms with Gasteiger partial charge in [0.05, 0.1) is 18.1 Å². The van der Waals surface area contributed by atoms with Crippen LogP contribution in [0.4, 0.5) is 5.69 Å². The van der Waals surface area contributed by atoms with Crippen molar-refractivity contribution in [1.82, 2.24) is 14.3 Å². The minimum atomic E-state index is -4.25. The molecule has 1 N–H and O–H groups in total. The number of para-hydroxylation sites is 1. The average molecular weight is 555 g/mol. The van der Waals surface area contributed by atoms with Crippen LogP contribution in [0, 0.1) is 10.1 Å². The Balaban J connectivity index is 2.00. The molecule has 204 valence electrons. The van der Waals surface area contributed by atoms with Gasteiger partial charge in [-0.3, -0.25) is 19.2 Å². The Morgan fingerprint density at radius 2 is 1.62 bits per heavy atom. The van der Waals surface area contributed by atoms with Crippen LogP contribution < -0.4 is 5.32 Å². The van der Waals surface area contributed by atoms with Crippen LogP contribution in [0.25, 0.3) is 0 Å². The molecule has 0 aliphatic carbocycles. The highest BCUT2D eigenvalue weighted by molar-refractivity contribution is 7.89. The first kappa shape index (κ1) is 29.4. The second kappa shape index (κ2) is 13.6. The Morgan fingerprint density at radius 1 is 0.946 bits per heavy atom. The molecule has 0 saturated heterocycles. The standard InChI is InChI=1S/C24H35N4O7PS/c1-3-34-36(31,35-4-2)26-17-15-25-14-12-21-8-7-9-22(20-21)13-16-27(19-18-26)37(32,33)24-11-6-5-10-23(24)28(29)30/h5-11,20,25H,3-4,12-19H2,1-2H3. The lowest BCUT2D eigenvalue weighted by atomic mass is 10.1. The molecule has 0 spiro atoms. The predicted molar refractivity (Wildman–Crippen MR) is 141 cm³/mol. The molecule has 1 aliphatic rings. The lowest BCUT2D eigenvalue weighted by Gasteiger charge is -2.32. The first-order chi connectivity index (χ1) is 17.7. The van der Waals surface area contributed by atoms with Crippen molar-refractivity contribution in [2.75, 3.05) is 52.5 Å². The van der Waals surface area contributed by atoms with Gasteiger partial charge in [-0.25, -0.2) is 17.7 Å². The fourth-order valence-corrected chi connectivity index (χ4v) is 7.51. The number of rotatable bonds is 8. The first-order valence-corrected chi connectivity index (χ1v) is 15.3. The van der Waals surface area contributed by atoms with Gasteiger partial charge in [0.2, 0.25) is 10.0 Å². The van der Waals surface area contributed by atoms with E-state index in [0.29, 0.717) is 19.5 Å². The molecule has 0 radical (unpaired) electrons. The van der Waals surface area contributed by atoms with Crippen molar-refractivity contribution in [3.05, 3.63) is 69.8 Å². The number of nitro groups is 1. The number of nitrogens with zero attached hydrogens (tertiary/aromatic N) is 3. The van der Waals surface area contributed by atoms with Crippen LogP contribution in [0.5, 0.6) is 0 Å². The second-order valence-corrected chi connectivity index (χ2v) is 12.4. The second-order valence-electron chi connectivity index (χ2n) is 8.46. The third-order valence-electron chi connectivity index (χ3n) is 6.00. The summed E-state index contributed by atoms with van der Waals surface area (Å²) >= 11 is 0. The molecule has 11 nitrogen and oxygen atoms in total. The van der Waals surface area contributed by atoms with Crippen LogP contribution in [-0.4, -0.2) is 74.8 Å². The van der Waals surface area contributed by atoms with Crippen LogP contribution in [0.1, 0.15) is 25.0 Å². The average Bonchev–Trinajstić information content (AvgIpc) is 2.87. The van der Waals surface area contributed by atoms with Crippen molar-refractivity contribution in [2.45, 2.75) is 31.6 Å². The van der Waals surface area contributed by atoms with Gasteiger partial charge in [-0.1, -0.05) is 36.4 Å². The SMILES string of the molecule is CCOP(=O)(OCC)N1CCNCCc2cccc(c2)CCN(S(=O)(=O)c2ccccc2[N+](=O)[O-])CC1. The van der Waals surface area contributed by atoms with Gasteiger partial charge in [0.15, 0.2) is 4.90 Å². The number of benzene rings is 2. The third kappa shape index (κ3) is 7.67. The molecule has 0 fully saturated rings. The Hall–Kier alpha value is -2.18. The van der Waals surface area contributed by atoms with Gasteiger partial charge >= 0.3 is 7.75 Å². The zero-order chi connectivity index (χ0) is 26.9. The van der Waals surface area contributed by atoms with Crippen molar-refractivity contribution in [3.8, 4) is 0 Å². The van der Waals surface area contributed by atoms with E-state index in [1.54, 1.807) is 18.5 Å². The zero-order valence-corrected chi connectivity index (χ0v) is 23.0. The highest BCUT2D eigenvalue weighted by atomic mass is 32.2. The molecule has 3 rings (SSSR count). The lowest BCUT2D eigenvalue weighted by molar-refractivity contribution is -0.387. The van der Waals surface area contributed by atoms with E-state index in [1.165, 1.54) is 28.6 Å². The maximum atomic E-state index is 13.7. The van der Waals surface area contributed by atoms with Crippen LogP contribution >= 0.6 is 7.75 Å². The van der Waals surface area contributed by atoms with Gasteiger partial charge in [-0.05, 0) is 50.4 Å². The molecule has 1 aliphatic heterocycles. The van der Waals surface area contributed by atoms with Gasteiger partial charge in [-0.2, -0.15) is 4.31 Å². The molecule has 2 aromatic rings. The molecule has 0 amide bonds. The van der Waals surface area contributed by atoms with Crippen molar-refractivity contribution in [1.29, 1.82) is 0 Å². The smallest absolute Gasteiger partial charge is 0.315 e. The summed E-state index contributed by atoms with van der Waals surface area (Å²) in [7, 11) is -7.94. The molecule has 13 heteroatoms. The van der Waals surface area contributed by atoms with E-state index >= 15 is 0 Å². The molecule has 1 heterocycles. The van der Waals surface area contributed by atoms with Crippen LogP contribution in [0.2, 0.25) is 0 Å². The summed E-state index contributed by atoms with van der Waals surface area (Å²) in [4.78, 5) is 10.5. The van der Waals surface area contributed by atoms with Crippen molar-refractivity contribution < 1.29 is 27.0 Å². The van der Waals surface area contributed by atoms with Gasteiger partial charge in [-0.15, -0.1) is 0 Å². The van der Waals surface area contributed by atoms with Crippen LogP contribution in [0.15, 0.2) is 53.4 Å². The summed E-state index contributed by atoms with van der Waals surface area (Å²) in [6.45, 7) is 5.36. The molecule has 2 aromatic carbocycles. The van der Waals surface area contributed by atoms with Gasteiger partial charge in [0, 0.05) is 38.8 Å².